The van der Waals surface area contributed by atoms with E-state index < -0.39 is 11.0 Å². The number of halogens is 1. The minimum atomic E-state index is -1.25. The van der Waals surface area contributed by atoms with Gasteiger partial charge in [0.05, 0.1) is 11.5 Å². The molecular weight excluding hydrogens is 254 g/mol. The van der Waals surface area contributed by atoms with Crippen molar-refractivity contribution in [2.75, 3.05) is 13.2 Å². The molecule has 72 valence electrons. The molecule has 0 aliphatic carbocycles. The van der Waals surface area contributed by atoms with Gasteiger partial charge in [0.2, 0.25) is 0 Å². The van der Waals surface area contributed by atoms with Gasteiger partial charge in [0.15, 0.2) is 0 Å². The average molecular weight is 264 g/mol. The van der Waals surface area contributed by atoms with Crippen LogP contribution >= 0.6 is 15.9 Å². The molecule has 0 saturated carbocycles. The Balaban J connectivity index is 2.71. The van der Waals surface area contributed by atoms with Crippen molar-refractivity contribution in [1.29, 1.82) is 0 Å². The Morgan fingerprint density at radius 2 is 2.15 bits per heavy atom. The van der Waals surface area contributed by atoms with E-state index in [0.717, 1.165) is 4.47 Å². The first-order valence-electron chi connectivity index (χ1n) is 3.76. The van der Waals surface area contributed by atoms with Crippen molar-refractivity contribution >= 4 is 26.9 Å². The Morgan fingerprint density at radius 3 is 2.77 bits per heavy atom. The fourth-order valence-electron chi connectivity index (χ4n) is 0.811. The lowest BCUT2D eigenvalue weighted by Crippen LogP contribution is -2.21. The molecule has 0 aromatic heterocycles. The van der Waals surface area contributed by atoms with Gasteiger partial charge in [-0.2, -0.15) is 0 Å². The number of nitrogens with one attached hydrogen (secondary N) is 1. The Morgan fingerprint density at radius 1 is 1.46 bits per heavy atom. The first kappa shape index (κ1) is 10.8. The first-order valence-corrected chi connectivity index (χ1v) is 5.70. The summed E-state index contributed by atoms with van der Waals surface area (Å²) < 4.78 is 15.0. The maximum atomic E-state index is 11.5. The van der Waals surface area contributed by atoms with E-state index in [2.05, 4.69) is 20.7 Å². The second-order valence-corrected chi connectivity index (χ2v) is 4.44. The molecule has 0 aliphatic heterocycles. The Hall–Kier alpha value is -0.230. The van der Waals surface area contributed by atoms with Crippen LogP contribution in [0.5, 0.6) is 0 Å². The molecule has 13 heavy (non-hydrogen) atoms. The predicted molar refractivity (Wildman–Crippen MR) is 55.6 cm³/mol. The number of aliphatic hydroxyl groups is 1. The predicted octanol–water partition coefficient (Wildman–Crippen LogP) is 1.05. The summed E-state index contributed by atoms with van der Waals surface area (Å²) in [4.78, 5) is 0.691. The third-order valence-corrected chi connectivity index (χ3v) is 3.56. The third-order valence-electron chi connectivity index (χ3n) is 1.38. The molecule has 0 spiro atoms. The van der Waals surface area contributed by atoms with Crippen LogP contribution in [-0.2, 0) is 11.0 Å². The molecule has 0 radical (unpaired) electrons. The summed E-state index contributed by atoms with van der Waals surface area (Å²) in [6, 6.07) is 7.27. The molecule has 1 aromatic carbocycles. The minimum absolute atomic E-state index is 0.0177. The van der Waals surface area contributed by atoms with Gasteiger partial charge in [-0.05, 0) is 28.1 Å². The van der Waals surface area contributed by atoms with E-state index in [0.29, 0.717) is 11.4 Å². The zero-order valence-electron chi connectivity index (χ0n) is 6.87. The van der Waals surface area contributed by atoms with Gasteiger partial charge in [-0.3, -0.25) is 0 Å². The first-order chi connectivity index (χ1) is 6.25. The van der Waals surface area contributed by atoms with Gasteiger partial charge in [-0.15, -0.1) is 0 Å². The minimum Gasteiger partial charge on any atom is -0.395 e. The van der Waals surface area contributed by atoms with E-state index in [1.807, 2.05) is 18.2 Å². The van der Waals surface area contributed by atoms with E-state index in [4.69, 9.17) is 5.11 Å². The Bertz CT molecular complexity index is 306. The molecule has 5 heteroatoms. The van der Waals surface area contributed by atoms with Crippen molar-refractivity contribution in [2.24, 2.45) is 0 Å². The molecule has 0 fully saturated rings. The van der Waals surface area contributed by atoms with Crippen LogP contribution in [0.15, 0.2) is 33.6 Å². The van der Waals surface area contributed by atoms with Crippen molar-refractivity contribution in [3.8, 4) is 0 Å². The number of aliphatic hydroxyl groups excluding tert-OH is 1. The van der Waals surface area contributed by atoms with Gasteiger partial charge in [-0.1, -0.05) is 12.1 Å². The lowest BCUT2D eigenvalue weighted by Gasteiger charge is -2.04. The molecular formula is C8H10BrNO2S. The smallest absolute Gasteiger partial charge is 0.126 e. The van der Waals surface area contributed by atoms with E-state index in [9.17, 15) is 4.21 Å². The molecule has 3 nitrogen and oxygen atoms in total. The molecule has 0 heterocycles. The fraction of sp³-hybridized carbons (Fsp3) is 0.250. The normalized spacial score (nSPS) is 12.8. The van der Waals surface area contributed by atoms with E-state index in [1.165, 1.54) is 0 Å². The lowest BCUT2D eigenvalue weighted by atomic mass is 10.4. The summed E-state index contributed by atoms with van der Waals surface area (Å²) in [6.07, 6.45) is 0. The van der Waals surface area contributed by atoms with Crippen molar-refractivity contribution < 1.29 is 9.32 Å². The maximum Gasteiger partial charge on any atom is 0.126 e. The van der Waals surface area contributed by atoms with Crippen LogP contribution < -0.4 is 4.72 Å². The summed E-state index contributed by atoms with van der Waals surface area (Å²) in [7, 11) is -1.25. The van der Waals surface area contributed by atoms with Crippen molar-refractivity contribution in [1.82, 2.24) is 4.72 Å². The van der Waals surface area contributed by atoms with E-state index >= 15 is 0 Å². The van der Waals surface area contributed by atoms with Gasteiger partial charge >= 0.3 is 0 Å². The molecule has 0 amide bonds. The highest BCUT2D eigenvalue weighted by molar-refractivity contribution is 9.10. The van der Waals surface area contributed by atoms with Crippen LogP contribution in [-0.4, -0.2) is 22.5 Å². The van der Waals surface area contributed by atoms with E-state index in [1.54, 1.807) is 6.07 Å². The van der Waals surface area contributed by atoms with Crippen molar-refractivity contribution in [3.05, 3.63) is 28.7 Å². The number of hydrogen-bond donors (Lipinski definition) is 2. The Kier molecular flexibility index (Phi) is 4.58. The van der Waals surface area contributed by atoms with E-state index in [-0.39, 0.29) is 6.61 Å². The Labute approximate surface area is 87.9 Å². The topological polar surface area (TPSA) is 49.3 Å². The van der Waals surface area contributed by atoms with Crippen LogP contribution in [0.2, 0.25) is 0 Å². The molecule has 1 unspecified atom stereocenters. The third kappa shape index (κ3) is 3.19. The number of hydrogen-bond acceptors (Lipinski definition) is 2. The van der Waals surface area contributed by atoms with Gasteiger partial charge in [0, 0.05) is 11.0 Å². The van der Waals surface area contributed by atoms with Gasteiger partial charge in [0.1, 0.15) is 11.0 Å². The second kappa shape index (κ2) is 5.49. The summed E-state index contributed by atoms with van der Waals surface area (Å²) in [5, 5.41) is 8.52. The van der Waals surface area contributed by atoms with Crippen LogP contribution in [0.25, 0.3) is 0 Å². The van der Waals surface area contributed by atoms with Crippen LogP contribution in [0, 0.1) is 0 Å². The number of rotatable bonds is 4. The highest BCUT2D eigenvalue weighted by atomic mass is 79.9. The van der Waals surface area contributed by atoms with Crippen LogP contribution in [0.1, 0.15) is 0 Å². The molecule has 1 aromatic rings. The molecule has 0 aliphatic rings. The van der Waals surface area contributed by atoms with Gasteiger partial charge < -0.3 is 5.11 Å². The summed E-state index contributed by atoms with van der Waals surface area (Å²) in [6.45, 7) is 0.310. The summed E-state index contributed by atoms with van der Waals surface area (Å²) in [5.74, 6) is 0. The molecule has 1 atom stereocenters. The SMILES string of the molecule is O=S(NCCO)c1ccccc1Br. The zero-order chi connectivity index (χ0) is 9.68. The molecule has 0 saturated heterocycles. The zero-order valence-corrected chi connectivity index (χ0v) is 9.27. The highest BCUT2D eigenvalue weighted by Gasteiger charge is 2.05. The maximum absolute atomic E-state index is 11.5. The van der Waals surface area contributed by atoms with Gasteiger partial charge in [0.25, 0.3) is 0 Å². The fourth-order valence-corrected chi connectivity index (χ4v) is 2.42. The average Bonchev–Trinajstić information content (AvgIpc) is 2.15. The van der Waals surface area contributed by atoms with Crippen molar-refractivity contribution in [3.63, 3.8) is 0 Å². The summed E-state index contributed by atoms with van der Waals surface area (Å²) >= 11 is 3.29. The monoisotopic (exact) mass is 263 g/mol. The standard InChI is InChI=1S/C8H10BrNO2S/c9-7-3-1-2-4-8(7)13(12)10-5-6-11/h1-4,10-11H,5-6H2. The second-order valence-electron chi connectivity index (χ2n) is 2.32. The summed E-state index contributed by atoms with van der Waals surface area (Å²) in [5.41, 5.74) is 0. The lowest BCUT2D eigenvalue weighted by molar-refractivity contribution is 0.302. The molecule has 1 rings (SSSR count). The van der Waals surface area contributed by atoms with Crippen LogP contribution in [0.3, 0.4) is 0 Å². The number of benzene rings is 1. The quantitative estimate of drug-likeness (QED) is 0.854. The van der Waals surface area contributed by atoms with Gasteiger partial charge in [-0.25, -0.2) is 8.93 Å². The molecule has 0 bridgehead atoms. The van der Waals surface area contributed by atoms with Crippen LogP contribution in [0.4, 0.5) is 0 Å². The largest absolute Gasteiger partial charge is 0.395 e. The highest BCUT2D eigenvalue weighted by Crippen LogP contribution is 2.18. The molecule has 2 N–H and O–H groups in total. The van der Waals surface area contributed by atoms with Crippen molar-refractivity contribution in [2.45, 2.75) is 4.90 Å².